The van der Waals surface area contributed by atoms with Crippen molar-refractivity contribution in [3.8, 4) is 0 Å². The second-order valence-electron chi connectivity index (χ2n) is 5.03. The summed E-state index contributed by atoms with van der Waals surface area (Å²) in [6.45, 7) is 1.93. The Balaban J connectivity index is 1.54. The van der Waals surface area contributed by atoms with Crippen LogP contribution in [0, 0.1) is 6.92 Å². The van der Waals surface area contributed by atoms with E-state index in [1.807, 2.05) is 43.3 Å². The first-order chi connectivity index (χ1) is 11.6. The molecular weight excluding hydrogens is 342 g/mol. The predicted octanol–water partition coefficient (Wildman–Crippen LogP) is 3.16. The average molecular weight is 357 g/mol. The number of pyridine rings is 1. The number of hydrogen-bond donors (Lipinski definition) is 2. The van der Waals surface area contributed by atoms with Crippen molar-refractivity contribution in [1.82, 2.24) is 15.8 Å². The van der Waals surface area contributed by atoms with E-state index in [2.05, 4.69) is 15.8 Å². The van der Waals surface area contributed by atoms with Gasteiger partial charge in [0, 0.05) is 21.4 Å². The Morgan fingerprint density at radius 1 is 1.12 bits per heavy atom. The van der Waals surface area contributed by atoms with Gasteiger partial charge in [0.25, 0.3) is 5.91 Å². The zero-order valence-corrected chi connectivity index (χ0v) is 14.5. The SMILES string of the molecule is Cc1ccc(C(=O)NNC(=O)CSc2cccc3cccnc23)s1. The summed E-state index contributed by atoms with van der Waals surface area (Å²) in [5.74, 6) is -0.382. The molecule has 0 spiro atoms. The fourth-order valence-corrected chi connectivity index (χ4v) is 3.72. The molecular formula is C17H15N3O2S2. The minimum absolute atomic E-state index is 0.194. The maximum Gasteiger partial charge on any atom is 0.279 e. The molecule has 0 fully saturated rings. The first kappa shape index (κ1) is 16.5. The lowest BCUT2D eigenvalue weighted by atomic mass is 10.2. The maximum atomic E-state index is 11.9. The van der Waals surface area contributed by atoms with Gasteiger partial charge in [0.15, 0.2) is 0 Å². The van der Waals surface area contributed by atoms with E-state index in [0.717, 1.165) is 20.7 Å². The second kappa shape index (κ2) is 7.46. The lowest BCUT2D eigenvalue weighted by Gasteiger charge is -2.07. The highest BCUT2D eigenvalue weighted by atomic mass is 32.2. The lowest BCUT2D eigenvalue weighted by Crippen LogP contribution is -2.42. The van der Waals surface area contributed by atoms with Crippen molar-refractivity contribution in [2.24, 2.45) is 0 Å². The van der Waals surface area contributed by atoms with Gasteiger partial charge >= 0.3 is 0 Å². The van der Waals surface area contributed by atoms with E-state index in [0.29, 0.717) is 4.88 Å². The van der Waals surface area contributed by atoms with E-state index < -0.39 is 0 Å². The van der Waals surface area contributed by atoms with Crippen molar-refractivity contribution in [2.75, 3.05) is 5.75 Å². The molecule has 0 atom stereocenters. The Labute approximate surface area is 147 Å². The number of carbonyl (C=O) groups is 2. The Bertz CT molecular complexity index is 887. The van der Waals surface area contributed by atoms with Gasteiger partial charge in [-0.2, -0.15) is 0 Å². The van der Waals surface area contributed by atoms with E-state index >= 15 is 0 Å². The quantitative estimate of drug-likeness (QED) is 0.556. The number of thioether (sulfide) groups is 1. The zero-order chi connectivity index (χ0) is 16.9. The van der Waals surface area contributed by atoms with E-state index in [1.165, 1.54) is 23.1 Å². The summed E-state index contributed by atoms with van der Waals surface area (Å²) in [6.07, 6.45) is 1.73. The Morgan fingerprint density at radius 2 is 1.96 bits per heavy atom. The van der Waals surface area contributed by atoms with E-state index in [1.54, 1.807) is 12.3 Å². The van der Waals surface area contributed by atoms with Crippen LogP contribution in [-0.4, -0.2) is 22.6 Å². The molecule has 2 N–H and O–H groups in total. The normalized spacial score (nSPS) is 10.5. The second-order valence-corrected chi connectivity index (χ2v) is 7.34. The number of aryl methyl sites for hydroxylation is 1. The summed E-state index contributed by atoms with van der Waals surface area (Å²) in [4.78, 5) is 30.7. The van der Waals surface area contributed by atoms with Gasteiger partial charge in [-0.15, -0.1) is 23.1 Å². The van der Waals surface area contributed by atoms with Gasteiger partial charge in [0.1, 0.15) is 0 Å². The number of rotatable bonds is 4. The van der Waals surface area contributed by atoms with E-state index in [4.69, 9.17) is 0 Å². The summed E-state index contributed by atoms with van der Waals surface area (Å²) in [6, 6.07) is 13.3. The molecule has 24 heavy (non-hydrogen) atoms. The average Bonchev–Trinajstić information content (AvgIpc) is 3.04. The van der Waals surface area contributed by atoms with Crippen LogP contribution in [0.1, 0.15) is 14.5 Å². The third-order valence-corrected chi connectivity index (χ3v) is 5.28. The molecule has 122 valence electrons. The molecule has 1 aromatic carbocycles. The summed E-state index contributed by atoms with van der Waals surface area (Å²) in [5.41, 5.74) is 5.74. The van der Waals surface area contributed by atoms with Gasteiger partial charge < -0.3 is 0 Å². The predicted molar refractivity (Wildman–Crippen MR) is 97.1 cm³/mol. The molecule has 0 saturated heterocycles. The third kappa shape index (κ3) is 3.93. The van der Waals surface area contributed by atoms with Crippen LogP contribution in [0.5, 0.6) is 0 Å². The molecule has 7 heteroatoms. The van der Waals surface area contributed by atoms with Crippen molar-refractivity contribution >= 4 is 45.8 Å². The minimum Gasteiger partial charge on any atom is -0.272 e. The zero-order valence-electron chi connectivity index (χ0n) is 12.9. The number of nitrogens with one attached hydrogen (secondary N) is 2. The van der Waals surface area contributed by atoms with Crippen LogP contribution in [0.25, 0.3) is 10.9 Å². The molecule has 3 aromatic rings. The number of hydrogen-bond acceptors (Lipinski definition) is 5. The van der Waals surface area contributed by atoms with Crippen LogP contribution < -0.4 is 10.9 Å². The van der Waals surface area contributed by atoms with Gasteiger partial charge in [-0.05, 0) is 31.2 Å². The van der Waals surface area contributed by atoms with Gasteiger partial charge in [-0.3, -0.25) is 25.4 Å². The Morgan fingerprint density at radius 3 is 2.75 bits per heavy atom. The summed E-state index contributed by atoms with van der Waals surface area (Å²) in [5, 5.41) is 1.03. The molecule has 3 rings (SSSR count). The molecule has 2 aromatic heterocycles. The fraction of sp³-hybridized carbons (Fsp3) is 0.118. The van der Waals surface area contributed by atoms with Gasteiger partial charge in [0.05, 0.1) is 16.1 Å². The highest BCUT2D eigenvalue weighted by Crippen LogP contribution is 2.25. The fourth-order valence-electron chi connectivity index (χ4n) is 2.12. The Kier molecular flexibility index (Phi) is 5.12. The highest BCUT2D eigenvalue weighted by Gasteiger charge is 2.10. The topological polar surface area (TPSA) is 71.1 Å². The van der Waals surface area contributed by atoms with Crippen LogP contribution in [0.15, 0.2) is 53.6 Å². The monoisotopic (exact) mass is 357 g/mol. The smallest absolute Gasteiger partial charge is 0.272 e. The first-order valence-electron chi connectivity index (χ1n) is 7.25. The van der Waals surface area contributed by atoms with Crippen LogP contribution in [0.3, 0.4) is 0 Å². The molecule has 0 aliphatic heterocycles. The maximum absolute atomic E-state index is 11.9. The molecule has 2 amide bonds. The molecule has 5 nitrogen and oxygen atoms in total. The molecule has 0 aliphatic rings. The molecule has 0 unspecified atom stereocenters. The number of benzene rings is 1. The van der Waals surface area contributed by atoms with Crippen LogP contribution in [0.2, 0.25) is 0 Å². The number of nitrogens with zero attached hydrogens (tertiary/aromatic N) is 1. The highest BCUT2D eigenvalue weighted by molar-refractivity contribution is 8.00. The first-order valence-corrected chi connectivity index (χ1v) is 9.06. The molecule has 0 radical (unpaired) electrons. The van der Waals surface area contributed by atoms with Crippen molar-refractivity contribution in [3.05, 3.63) is 58.4 Å². The summed E-state index contributed by atoms with van der Waals surface area (Å²) >= 11 is 2.77. The standard InChI is InChI=1S/C17H15N3O2S2/c1-11-7-8-14(24-11)17(22)20-19-15(21)10-23-13-6-2-4-12-5-3-9-18-16(12)13/h2-9H,10H2,1H3,(H,19,21)(H,20,22). The number of para-hydroxylation sites is 1. The number of fused-ring (bicyclic) bond motifs is 1. The van der Waals surface area contributed by atoms with Gasteiger partial charge in [-0.1, -0.05) is 18.2 Å². The Hall–Kier alpha value is -2.38. The number of carbonyl (C=O) groups excluding carboxylic acids is 2. The van der Waals surface area contributed by atoms with Crippen molar-refractivity contribution in [1.29, 1.82) is 0 Å². The minimum atomic E-state index is -0.307. The van der Waals surface area contributed by atoms with Gasteiger partial charge in [-0.25, -0.2) is 0 Å². The van der Waals surface area contributed by atoms with E-state index in [9.17, 15) is 9.59 Å². The number of thiophene rings is 1. The summed E-state index contributed by atoms with van der Waals surface area (Å²) < 4.78 is 0. The van der Waals surface area contributed by atoms with Crippen molar-refractivity contribution in [3.63, 3.8) is 0 Å². The van der Waals surface area contributed by atoms with Crippen LogP contribution in [-0.2, 0) is 4.79 Å². The molecule has 0 aliphatic carbocycles. The number of hydrazine groups is 1. The van der Waals surface area contributed by atoms with Crippen molar-refractivity contribution < 1.29 is 9.59 Å². The van der Waals surface area contributed by atoms with E-state index in [-0.39, 0.29) is 17.6 Å². The molecule has 2 heterocycles. The number of amides is 2. The number of aromatic nitrogens is 1. The van der Waals surface area contributed by atoms with Crippen molar-refractivity contribution in [2.45, 2.75) is 11.8 Å². The van der Waals surface area contributed by atoms with Gasteiger partial charge in [0.2, 0.25) is 5.91 Å². The largest absolute Gasteiger partial charge is 0.279 e. The molecule has 0 saturated carbocycles. The lowest BCUT2D eigenvalue weighted by molar-refractivity contribution is -0.119. The van der Waals surface area contributed by atoms with Crippen LogP contribution >= 0.6 is 23.1 Å². The summed E-state index contributed by atoms with van der Waals surface area (Å²) in [7, 11) is 0. The molecule has 0 bridgehead atoms. The van der Waals surface area contributed by atoms with Crippen LogP contribution in [0.4, 0.5) is 0 Å². The third-order valence-electron chi connectivity index (χ3n) is 3.23.